The summed E-state index contributed by atoms with van der Waals surface area (Å²) in [4.78, 5) is 10.1. The molecule has 0 spiro atoms. The van der Waals surface area contributed by atoms with Gasteiger partial charge in [0.1, 0.15) is 0 Å². The molecule has 1 fully saturated rings. The summed E-state index contributed by atoms with van der Waals surface area (Å²) in [5.74, 6) is 0. The molecule has 1 amide bonds. The van der Waals surface area contributed by atoms with Crippen LogP contribution in [0.2, 0.25) is 0 Å². The molecular formula is C8H15NO2. The molecule has 11 heavy (non-hydrogen) atoms. The van der Waals surface area contributed by atoms with Gasteiger partial charge in [-0.2, -0.15) is 0 Å². The fourth-order valence-electron chi connectivity index (χ4n) is 1.36. The predicted octanol–water partition coefficient (Wildman–Crippen LogP) is 0.690. The van der Waals surface area contributed by atoms with Gasteiger partial charge in [-0.15, -0.1) is 0 Å². The van der Waals surface area contributed by atoms with Crippen LogP contribution < -0.4 is 5.32 Å². The van der Waals surface area contributed by atoms with Crippen LogP contribution in [0.25, 0.3) is 0 Å². The molecule has 1 aliphatic heterocycles. The second kappa shape index (κ2) is 4.34. The van der Waals surface area contributed by atoms with Gasteiger partial charge in [-0.3, -0.25) is 4.79 Å². The van der Waals surface area contributed by atoms with Gasteiger partial charge >= 0.3 is 0 Å². The SMILES string of the molecule is CC[C@@H]1CCC(NC=O)CO1. The van der Waals surface area contributed by atoms with Crippen LogP contribution in [-0.4, -0.2) is 25.2 Å². The number of rotatable bonds is 3. The Kier molecular flexibility index (Phi) is 3.36. The zero-order chi connectivity index (χ0) is 8.10. The lowest BCUT2D eigenvalue weighted by Gasteiger charge is -2.27. The molecule has 0 aromatic heterocycles. The van der Waals surface area contributed by atoms with E-state index in [0.717, 1.165) is 25.7 Å². The lowest BCUT2D eigenvalue weighted by molar-refractivity contribution is -0.111. The summed E-state index contributed by atoms with van der Waals surface area (Å²) >= 11 is 0. The fraction of sp³-hybridized carbons (Fsp3) is 0.875. The second-order valence-corrected chi connectivity index (χ2v) is 2.92. The third-order valence-electron chi connectivity index (χ3n) is 2.13. The van der Waals surface area contributed by atoms with Crippen LogP contribution in [0.4, 0.5) is 0 Å². The maximum absolute atomic E-state index is 10.1. The molecule has 1 unspecified atom stereocenters. The second-order valence-electron chi connectivity index (χ2n) is 2.92. The van der Waals surface area contributed by atoms with Crippen LogP contribution >= 0.6 is 0 Å². The molecule has 0 aromatic rings. The molecule has 3 heteroatoms. The lowest BCUT2D eigenvalue weighted by atomic mass is 10.0. The lowest BCUT2D eigenvalue weighted by Crippen LogP contribution is -2.38. The summed E-state index contributed by atoms with van der Waals surface area (Å²) in [6.45, 7) is 2.80. The Morgan fingerprint density at radius 1 is 1.64 bits per heavy atom. The zero-order valence-corrected chi connectivity index (χ0v) is 6.88. The number of carbonyl (C=O) groups is 1. The first-order valence-corrected chi connectivity index (χ1v) is 4.18. The Hall–Kier alpha value is -0.570. The van der Waals surface area contributed by atoms with Crippen LogP contribution in [0.1, 0.15) is 26.2 Å². The van der Waals surface area contributed by atoms with Crippen molar-refractivity contribution in [2.75, 3.05) is 6.61 Å². The molecular weight excluding hydrogens is 142 g/mol. The van der Waals surface area contributed by atoms with Gasteiger partial charge in [-0.25, -0.2) is 0 Å². The normalized spacial score (nSPS) is 31.4. The van der Waals surface area contributed by atoms with E-state index in [1.54, 1.807) is 0 Å². The van der Waals surface area contributed by atoms with Gasteiger partial charge in [0.2, 0.25) is 6.41 Å². The number of hydrogen-bond donors (Lipinski definition) is 1. The summed E-state index contributed by atoms with van der Waals surface area (Å²) in [5.41, 5.74) is 0. The van der Waals surface area contributed by atoms with Crippen molar-refractivity contribution >= 4 is 6.41 Å². The Morgan fingerprint density at radius 3 is 2.91 bits per heavy atom. The van der Waals surface area contributed by atoms with Crippen molar-refractivity contribution in [3.8, 4) is 0 Å². The minimum absolute atomic E-state index is 0.246. The van der Waals surface area contributed by atoms with Crippen molar-refractivity contribution in [2.24, 2.45) is 0 Å². The first-order chi connectivity index (χ1) is 5.36. The summed E-state index contributed by atoms with van der Waals surface area (Å²) in [5, 5.41) is 2.72. The third kappa shape index (κ3) is 2.50. The predicted molar refractivity (Wildman–Crippen MR) is 42.3 cm³/mol. The Balaban J connectivity index is 2.18. The van der Waals surface area contributed by atoms with Crippen LogP contribution in [0.3, 0.4) is 0 Å². The molecule has 2 atom stereocenters. The van der Waals surface area contributed by atoms with Gasteiger partial charge in [0.25, 0.3) is 0 Å². The summed E-state index contributed by atoms with van der Waals surface area (Å²) in [7, 11) is 0. The molecule has 1 heterocycles. The number of ether oxygens (including phenoxy) is 1. The van der Waals surface area contributed by atoms with Gasteiger partial charge in [0.15, 0.2) is 0 Å². The molecule has 1 saturated heterocycles. The molecule has 0 aliphatic carbocycles. The van der Waals surface area contributed by atoms with Crippen molar-refractivity contribution in [2.45, 2.75) is 38.3 Å². The van der Waals surface area contributed by atoms with Crippen molar-refractivity contribution < 1.29 is 9.53 Å². The van der Waals surface area contributed by atoms with E-state index in [1.807, 2.05) is 0 Å². The molecule has 0 aromatic carbocycles. The first-order valence-electron chi connectivity index (χ1n) is 4.18. The van der Waals surface area contributed by atoms with E-state index in [1.165, 1.54) is 0 Å². The van der Waals surface area contributed by atoms with Crippen molar-refractivity contribution in [1.82, 2.24) is 5.32 Å². The van der Waals surface area contributed by atoms with Gasteiger partial charge in [0.05, 0.1) is 18.8 Å². The minimum Gasteiger partial charge on any atom is -0.376 e. The number of carbonyl (C=O) groups excluding carboxylic acids is 1. The highest BCUT2D eigenvalue weighted by Crippen LogP contribution is 2.15. The number of amides is 1. The number of nitrogens with one attached hydrogen (secondary N) is 1. The van der Waals surface area contributed by atoms with Crippen LogP contribution in [0, 0.1) is 0 Å². The molecule has 0 saturated carbocycles. The standard InChI is InChI=1S/C8H15NO2/c1-2-8-4-3-7(5-11-8)9-6-10/h6-8H,2-5H2,1H3,(H,9,10)/t7?,8-/m1/s1. The molecule has 0 radical (unpaired) electrons. The molecule has 1 rings (SSSR count). The average Bonchev–Trinajstić information content (AvgIpc) is 2.07. The van der Waals surface area contributed by atoms with E-state index in [9.17, 15) is 4.79 Å². The maximum Gasteiger partial charge on any atom is 0.207 e. The van der Waals surface area contributed by atoms with E-state index in [-0.39, 0.29) is 6.04 Å². The highest BCUT2D eigenvalue weighted by molar-refractivity contribution is 5.46. The van der Waals surface area contributed by atoms with E-state index in [4.69, 9.17) is 4.74 Å². The molecule has 64 valence electrons. The highest BCUT2D eigenvalue weighted by Gasteiger charge is 2.19. The van der Waals surface area contributed by atoms with Gasteiger partial charge < -0.3 is 10.1 Å². The molecule has 0 bridgehead atoms. The van der Waals surface area contributed by atoms with Crippen molar-refractivity contribution in [3.05, 3.63) is 0 Å². The quantitative estimate of drug-likeness (QED) is 0.612. The van der Waals surface area contributed by atoms with Crippen molar-refractivity contribution in [1.29, 1.82) is 0 Å². The average molecular weight is 157 g/mol. The Morgan fingerprint density at radius 2 is 2.45 bits per heavy atom. The summed E-state index contributed by atoms with van der Waals surface area (Å²) in [6, 6.07) is 0.246. The summed E-state index contributed by atoms with van der Waals surface area (Å²) in [6.07, 6.45) is 4.37. The highest BCUT2D eigenvalue weighted by atomic mass is 16.5. The maximum atomic E-state index is 10.1. The van der Waals surface area contributed by atoms with E-state index in [0.29, 0.717) is 12.7 Å². The third-order valence-corrected chi connectivity index (χ3v) is 2.13. The zero-order valence-electron chi connectivity index (χ0n) is 6.88. The Bertz CT molecular complexity index is 119. The smallest absolute Gasteiger partial charge is 0.207 e. The Labute approximate surface area is 67.1 Å². The van der Waals surface area contributed by atoms with E-state index in [2.05, 4.69) is 12.2 Å². The largest absolute Gasteiger partial charge is 0.376 e. The number of hydrogen-bond acceptors (Lipinski definition) is 2. The molecule has 1 N–H and O–H groups in total. The van der Waals surface area contributed by atoms with Crippen LogP contribution in [-0.2, 0) is 9.53 Å². The van der Waals surface area contributed by atoms with Gasteiger partial charge in [0, 0.05) is 0 Å². The van der Waals surface area contributed by atoms with E-state index < -0.39 is 0 Å². The van der Waals surface area contributed by atoms with Crippen LogP contribution in [0.5, 0.6) is 0 Å². The monoisotopic (exact) mass is 157 g/mol. The molecule has 3 nitrogen and oxygen atoms in total. The van der Waals surface area contributed by atoms with Gasteiger partial charge in [-0.05, 0) is 19.3 Å². The van der Waals surface area contributed by atoms with E-state index >= 15 is 0 Å². The first kappa shape index (κ1) is 8.53. The van der Waals surface area contributed by atoms with Gasteiger partial charge in [-0.1, -0.05) is 6.92 Å². The van der Waals surface area contributed by atoms with Crippen molar-refractivity contribution in [3.63, 3.8) is 0 Å². The summed E-state index contributed by atoms with van der Waals surface area (Å²) < 4.78 is 5.47. The molecule has 1 aliphatic rings. The van der Waals surface area contributed by atoms with Crippen LogP contribution in [0.15, 0.2) is 0 Å². The minimum atomic E-state index is 0.246. The topological polar surface area (TPSA) is 38.3 Å². The fourth-order valence-corrected chi connectivity index (χ4v) is 1.36.